The SMILES string of the molecule is COCOc1c(OC)ccc2c1[C@@]1(CCOc3ccc(OC)cc3)CC3(OCCO3)[C@H](O)C[C@@]1(C(N)=O)CC2. The van der Waals surface area contributed by atoms with Gasteiger partial charge in [-0.05, 0) is 61.6 Å². The highest BCUT2D eigenvalue weighted by atomic mass is 16.7. The van der Waals surface area contributed by atoms with Crippen molar-refractivity contribution >= 4 is 5.91 Å². The van der Waals surface area contributed by atoms with Crippen LogP contribution in [0.4, 0.5) is 0 Å². The lowest BCUT2D eigenvalue weighted by atomic mass is 9.45. The Kier molecular flexibility index (Phi) is 7.65. The van der Waals surface area contributed by atoms with E-state index < -0.39 is 28.6 Å². The van der Waals surface area contributed by atoms with Crippen molar-refractivity contribution in [3.63, 3.8) is 0 Å². The Morgan fingerprint density at radius 2 is 1.74 bits per heavy atom. The molecule has 1 heterocycles. The van der Waals surface area contributed by atoms with Crippen molar-refractivity contribution in [1.29, 1.82) is 0 Å². The molecule has 2 aromatic carbocycles. The predicted molar refractivity (Wildman–Crippen MR) is 140 cm³/mol. The van der Waals surface area contributed by atoms with E-state index >= 15 is 0 Å². The molecular weight excluding hydrogens is 506 g/mol. The van der Waals surface area contributed by atoms with Gasteiger partial charge in [0, 0.05) is 24.5 Å². The molecule has 212 valence electrons. The minimum atomic E-state index is -1.28. The Morgan fingerprint density at radius 1 is 1.03 bits per heavy atom. The van der Waals surface area contributed by atoms with Crippen molar-refractivity contribution in [2.45, 2.75) is 49.4 Å². The summed E-state index contributed by atoms with van der Waals surface area (Å²) in [7, 11) is 4.72. The topological polar surface area (TPSA) is 128 Å². The first kappa shape index (κ1) is 27.5. The van der Waals surface area contributed by atoms with Gasteiger partial charge in [-0.25, -0.2) is 0 Å². The van der Waals surface area contributed by atoms with Crippen LogP contribution in [-0.4, -0.2) is 70.8 Å². The van der Waals surface area contributed by atoms with Crippen LogP contribution in [0.5, 0.6) is 23.0 Å². The third-order valence-electron chi connectivity index (χ3n) is 8.67. The zero-order chi connectivity index (χ0) is 27.7. The summed E-state index contributed by atoms with van der Waals surface area (Å²) in [5.74, 6) is 0.611. The number of hydrogen-bond acceptors (Lipinski definition) is 9. The monoisotopic (exact) mass is 543 g/mol. The van der Waals surface area contributed by atoms with Crippen molar-refractivity contribution in [3.05, 3.63) is 47.5 Å². The van der Waals surface area contributed by atoms with E-state index in [0.717, 1.165) is 16.9 Å². The molecule has 5 rings (SSSR count). The molecule has 2 aliphatic carbocycles. The highest BCUT2D eigenvalue weighted by Gasteiger charge is 2.69. The highest BCUT2D eigenvalue weighted by Crippen LogP contribution is 2.65. The molecule has 1 saturated heterocycles. The Bertz CT molecular complexity index is 1180. The average molecular weight is 544 g/mol. The molecule has 2 aromatic rings. The van der Waals surface area contributed by atoms with Crippen LogP contribution in [0.3, 0.4) is 0 Å². The third-order valence-corrected chi connectivity index (χ3v) is 8.67. The normalized spacial score (nSPS) is 26.9. The van der Waals surface area contributed by atoms with E-state index in [9.17, 15) is 9.90 Å². The maximum absolute atomic E-state index is 13.5. The van der Waals surface area contributed by atoms with Crippen LogP contribution in [0.2, 0.25) is 0 Å². The summed E-state index contributed by atoms with van der Waals surface area (Å²) in [6.07, 6.45) is 0.672. The van der Waals surface area contributed by atoms with Gasteiger partial charge in [0.15, 0.2) is 24.1 Å². The predicted octanol–water partition coefficient (Wildman–Crippen LogP) is 2.71. The maximum Gasteiger partial charge on any atom is 0.224 e. The van der Waals surface area contributed by atoms with E-state index in [4.69, 9.17) is 38.9 Å². The van der Waals surface area contributed by atoms with Crippen molar-refractivity contribution in [2.24, 2.45) is 11.1 Å². The van der Waals surface area contributed by atoms with Gasteiger partial charge in [0.1, 0.15) is 17.6 Å². The molecule has 0 aromatic heterocycles. The quantitative estimate of drug-likeness (QED) is 0.435. The number of fused-ring (bicyclic) bond motifs is 3. The van der Waals surface area contributed by atoms with Gasteiger partial charge in [0.2, 0.25) is 5.91 Å². The summed E-state index contributed by atoms with van der Waals surface area (Å²) in [5, 5.41) is 11.4. The number of aliphatic hydroxyl groups is 1. The first-order valence-corrected chi connectivity index (χ1v) is 13.2. The van der Waals surface area contributed by atoms with Crippen LogP contribution >= 0.6 is 0 Å². The largest absolute Gasteiger partial charge is 0.497 e. The summed E-state index contributed by atoms with van der Waals surface area (Å²) in [6, 6.07) is 11.2. The summed E-state index contributed by atoms with van der Waals surface area (Å²) < 4.78 is 40.8. The Morgan fingerprint density at radius 3 is 2.38 bits per heavy atom. The fourth-order valence-corrected chi connectivity index (χ4v) is 6.86. The minimum Gasteiger partial charge on any atom is -0.497 e. The zero-order valence-electron chi connectivity index (χ0n) is 22.7. The van der Waals surface area contributed by atoms with Gasteiger partial charge in [0.25, 0.3) is 0 Å². The summed E-state index contributed by atoms with van der Waals surface area (Å²) in [6.45, 7) is 0.928. The molecule has 3 N–H and O–H groups in total. The lowest BCUT2D eigenvalue weighted by Crippen LogP contribution is -2.67. The standard InChI is InChI=1S/C29H37NO9/c1-33-18-37-25-22(35-3)9-4-19-10-11-27(26(30)32)16-23(31)29(38-14-15-39-29)17-28(27,24(19)25)12-13-36-21-7-5-20(34-2)6-8-21/h4-9,23,31H,10-18H2,1-3H3,(H2,30,32)/t23-,27-,28-/m1/s1. The Hall–Kier alpha value is -3.05. The maximum atomic E-state index is 13.5. The van der Waals surface area contributed by atoms with Crippen molar-refractivity contribution < 1.29 is 43.1 Å². The van der Waals surface area contributed by atoms with Crippen molar-refractivity contribution in [3.8, 4) is 23.0 Å². The number of hydrogen-bond donors (Lipinski definition) is 2. The Balaban J connectivity index is 1.65. The molecule has 0 radical (unpaired) electrons. The highest BCUT2D eigenvalue weighted by molar-refractivity contribution is 5.85. The second kappa shape index (κ2) is 10.8. The van der Waals surface area contributed by atoms with Gasteiger partial charge < -0.3 is 44.0 Å². The Labute approximate surface area is 228 Å². The number of primary amides is 1. The van der Waals surface area contributed by atoms with Gasteiger partial charge in [-0.3, -0.25) is 4.79 Å². The fraction of sp³-hybridized carbons (Fsp3) is 0.552. The number of benzene rings is 2. The molecule has 2 fully saturated rings. The fourth-order valence-electron chi connectivity index (χ4n) is 6.86. The molecule has 1 amide bonds. The summed E-state index contributed by atoms with van der Waals surface area (Å²) >= 11 is 0. The number of methoxy groups -OCH3 is 3. The van der Waals surface area contributed by atoms with E-state index in [-0.39, 0.29) is 26.2 Å². The molecule has 0 bridgehead atoms. The number of nitrogens with two attached hydrogens (primary N) is 1. The number of ether oxygens (including phenoxy) is 7. The van der Waals surface area contributed by atoms with Crippen LogP contribution in [0.15, 0.2) is 36.4 Å². The number of carbonyl (C=O) groups is 1. The van der Waals surface area contributed by atoms with Crippen LogP contribution in [0, 0.1) is 5.41 Å². The molecule has 1 saturated carbocycles. The first-order chi connectivity index (χ1) is 18.8. The van der Waals surface area contributed by atoms with Gasteiger partial charge in [-0.2, -0.15) is 0 Å². The lowest BCUT2D eigenvalue weighted by molar-refractivity contribution is -0.270. The molecule has 1 spiro atoms. The molecule has 3 aliphatic rings. The molecular formula is C29H37NO9. The van der Waals surface area contributed by atoms with Gasteiger partial charge in [-0.1, -0.05) is 6.07 Å². The van der Waals surface area contributed by atoms with Gasteiger partial charge >= 0.3 is 0 Å². The van der Waals surface area contributed by atoms with E-state index in [1.165, 1.54) is 0 Å². The summed E-state index contributed by atoms with van der Waals surface area (Å²) in [5.41, 5.74) is 5.99. The second-order valence-electron chi connectivity index (χ2n) is 10.4. The molecule has 10 nitrogen and oxygen atoms in total. The van der Waals surface area contributed by atoms with Crippen molar-refractivity contribution in [2.75, 3.05) is 47.9 Å². The molecule has 0 unspecified atom stereocenters. The number of rotatable bonds is 10. The van der Waals surface area contributed by atoms with Crippen LogP contribution < -0.4 is 24.7 Å². The zero-order valence-corrected chi connectivity index (χ0v) is 22.7. The van der Waals surface area contributed by atoms with E-state index in [1.807, 2.05) is 36.4 Å². The number of amides is 1. The number of aryl methyl sites for hydroxylation is 1. The van der Waals surface area contributed by atoms with E-state index in [0.29, 0.717) is 49.7 Å². The van der Waals surface area contributed by atoms with Crippen LogP contribution in [0.1, 0.15) is 36.8 Å². The average Bonchev–Trinajstić information content (AvgIpc) is 3.42. The molecule has 1 aliphatic heterocycles. The van der Waals surface area contributed by atoms with Gasteiger partial charge in [-0.15, -0.1) is 0 Å². The lowest BCUT2D eigenvalue weighted by Gasteiger charge is -2.60. The second-order valence-corrected chi connectivity index (χ2v) is 10.4. The van der Waals surface area contributed by atoms with Crippen LogP contribution in [0.25, 0.3) is 0 Å². The smallest absolute Gasteiger partial charge is 0.224 e. The number of aliphatic hydroxyl groups excluding tert-OH is 1. The first-order valence-electron chi connectivity index (χ1n) is 13.2. The summed E-state index contributed by atoms with van der Waals surface area (Å²) in [4.78, 5) is 13.5. The molecule has 3 atom stereocenters. The van der Waals surface area contributed by atoms with Gasteiger partial charge in [0.05, 0.1) is 39.5 Å². The molecule has 10 heteroatoms. The number of carbonyl (C=O) groups excluding carboxylic acids is 1. The minimum absolute atomic E-state index is 0.0183. The van der Waals surface area contributed by atoms with Crippen LogP contribution in [-0.2, 0) is 30.8 Å². The molecule has 39 heavy (non-hydrogen) atoms. The van der Waals surface area contributed by atoms with Crippen molar-refractivity contribution in [1.82, 2.24) is 0 Å². The van der Waals surface area contributed by atoms with E-state index in [1.54, 1.807) is 21.3 Å². The van der Waals surface area contributed by atoms with E-state index in [2.05, 4.69) is 0 Å². The third kappa shape index (κ3) is 4.49.